The summed E-state index contributed by atoms with van der Waals surface area (Å²) in [4.78, 5) is 12.3. The fraction of sp³-hybridized carbons (Fsp3) is 0.286. The maximum Gasteiger partial charge on any atom is 0.349 e. The van der Waals surface area contributed by atoms with Crippen LogP contribution >= 0.6 is 0 Å². The molecule has 0 radical (unpaired) electrons. The van der Waals surface area contributed by atoms with Crippen LogP contribution in [0.5, 0.6) is 0 Å². The van der Waals surface area contributed by atoms with E-state index in [9.17, 15) is 10.1 Å². The van der Waals surface area contributed by atoms with Crippen molar-refractivity contribution in [2.45, 2.75) is 39.3 Å². The van der Waals surface area contributed by atoms with Crippen LogP contribution in [0.1, 0.15) is 47.0 Å². The number of hydrogen-bond donors (Lipinski definition) is 0. The van der Waals surface area contributed by atoms with Gasteiger partial charge >= 0.3 is 5.97 Å². The molecule has 26 heavy (non-hydrogen) atoms. The van der Waals surface area contributed by atoms with Crippen LogP contribution in [0.3, 0.4) is 0 Å². The van der Waals surface area contributed by atoms with Gasteiger partial charge in [-0.2, -0.15) is 10.5 Å². The predicted octanol–water partition coefficient (Wildman–Crippen LogP) is 3.96. The van der Waals surface area contributed by atoms with Crippen molar-refractivity contribution in [3.63, 3.8) is 0 Å². The van der Waals surface area contributed by atoms with Crippen LogP contribution in [-0.4, -0.2) is 10.5 Å². The summed E-state index contributed by atoms with van der Waals surface area (Å²) in [6, 6.07) is 13.3. The second-order valence-electron chi connectivity index (χ2n) is 6.48. The molecule has 1 aliphatic rings. The van der Waals surface area contributed by atoms with Crippen molar-refractivity contribution >= 4 is 12.0 Å². The van der Waals surface area contributed by atoms with Gasteiger partial charge in [0.1, 0.15) is 18.2 Å². The third-order valence-corrected chi connectivity index (χ3v) is 4.53. The van der Waals surface area contributed by atoms with Crippen LogP contribution in [0.15, 0.2) is 35.9 Å². The van der Waals surface area contributed by atoms with E-state index in [-0.39, 0.29) is 12.2 Å². The Bertz CT molecular complexity index is 949. The van der Waals surface area contributed by atoms with E-state index in [4.69, 9.17) is 10.00 Å². The van der Waals surface area contributed by atoms with E-state index in [1.165, 1.54) is 12.8 Å². The highest BCUT2D eigenvalue weighted by atomic mass is 16.5. The molecule has 2 aromatic rings. The lowest BCUT2D eigenvalue weighted by atomic mass is 10.1. The lowest BCUT2D eigenvalue weighted by Crippen LogP contribution is -2.07. The number of nitrogens with zero attached hydrogens (tertiary/aromatic N) is 3. The van der Waals surface area contributed by atoms with Crippen molar-refractivity contribution in [1.82, 2.24) is 4.57 Å². The zero-order chi connectivity index (χ0) is 18.7. The monoisotopic (exact) mass is 345 g/mol. The van der Waals surface area contributed by atoms with Gasteiger partial charge < -0.3 is 9.30 Å². The Balaban J connectivity index is 1.72. The number of aromatic nitrogens is 1. The lowest BCUT2D eigenvalue weighted by Gasteiger charge is -2.07. The third-order valence-electron chi connectivity index (χ3n) is 4.53. The molecule has 0 N–H and O–H groups in total. The highest BCUT2D eigenvalue weighted by Crippen LogP contribution is 2.38. The van der Waals surface area contributed by atoms with Crippen molar-refractivity contribution in [1.29, 1.82) is 10.5 Å². The third kappa shape index (κ3) is 3.68. The van der Waals surface area contributed by atoms with E-state index in [0.29, 0.717) is 11.6 Å². The average molecular weight is 345 g/mol. The van der Waals surface area contributed by atoms with E-state index >= 15 is 0 Å². The molecular formula is C21H19N3O2. The van der Waals surface area contributed by atoms with Gasteiger partial charge in [0, 0.05) is 17.4 Å². The number of benzene rings is 1. The fourth-order valence-electron chi connectivity index (χ4n) is 3.04. The summed E-state index contributed by atoms with van der Waals surface area (Å²) >= 11 is 0. The van der Waals surface area contributed by atoms with E-state index in [0.717, 1.165) is 22.5 Å². The number of carbonyl (C=O) groups is 1. The number of nitriles is 2. The van der Waals surface area contributed by atoms with Gasteiger partial charge in [0.05, 0.1) is 11.6 Å². The first kappa shape index (κ1) is 17.5. The Morgan fingerprint density at radius 1 is 1.27 bits per heavy atom. The molecule has 130 valence electrons. The summed E-state index contributed by atoms with van der Waals surface area (Å²) in [5.41, 5.74) is 4.37. The van der Waals surface area contributed by atoms with Gasteiger partial charge in [-0.25, -0.2) is 4.79 Å². The summed E-state index contributed by atoms with van der Waals surface area (Å²) in [5, 5.41) is 18.1. The molecule has 0 atom stereocenters. The minimum atomic E-state index is -0.645. The molecule has 0 unspecified atom stereocenters. The van der Waals surface area contributed by atoms with E-state index < -0.39 is 5.97 Å². The Morgan fingerprint density at radius 3 is 2.54 bits per heavy atom. The van der Waals surface area contributed by atoms with E-state index in [1.807, 2.05) is 32.1 Å². The van der Waals surface area contributed by atoms with Gasteiger partial charge in [-0.05, 0) is 62.1 Å². The van der Waals surface area contributed by atoms with Crippen LogP contribution in [0.4, 0.5) is 0 Å². The summed E-state index contributed by atoms with van der Waals surface area (Å²) in [6.45, 7) is 4.11. The maximum absolute atomic E-state index is 12.3. The molecule has 0 amide bonds. The molecule has 0 aliphatic heterocycles. The van der Waals surface area contributed by atoms with Crippen molar-refractivity contribution in [2.24, 2.45) is 0 Å². The molecule has 1 saturated carbocycles. The van der Waals surface area contributed by atoms with Gasteiger partial charge in [0.2, 0.25) is 0 Å². The molecule has 1 fully saturated rings. The van der Waals surface area contributed by atoms with Crippen LogP contribution in [0.2, 0.25) is 0 Å². The highest BCUT2D eigenvalue weighted by Gasteiger charge is 2.27. The minimum Gasteiger partial charge on any atom is -0.457 e. The van der Waals surface area contributed by atoms with Crippen LogP contribution in [-0.2, 0) is 16.1 Å². The molecule has 1 aliphatic carbocycles. The molecule has 5 heteroatoms. The van der Waals surface area contributed by atoms with Gasteiger partial charge in [0.15, 0.2) is 0 Å². The Kier molecular flexibility index (Phi) is 4.91. The average Bonchev–Trinajstić information content (AvgIpc) is 3.44. The molecule has 0 saturated heterocycles. The normalized spacial score (nSPS) is 13.8. The lowest BCUT2D eigenvalue weighted by molar-refractivity contribution is -0.139. The number of aryl methyl sites for hydroxylation is 1. The standard InChI is InChI=1S/C21H19N3O2/c1-14-9-18(15(2)24(14)20-7-8-20)10-19(12-23)21(25)26-13-17-5-3-16(11-22)4-6-17/h3-6,9-10,20H,7-8,13H2,1-2H3/b19-10+. The molecule has 0 spiro atoms. The quantitative estimate of drug-likeness (QED) is 0.467. The van der Waals surface area contributed by atoms with Crippen molar-refractivity contribution in [3.05, 3.63) is 64.0 Å². The first-order chi connectivity index (χ1) is 12.5. The Morgan fingerprint density at radius 2 is 1.96 bits per heavy atom. The van der Waals surface area contributed by atoms with Crippen LogP contribution in [0.25, 0.3) is 6.08 Å². The zero-order valence-electron chi connectivity index (χ0n) is 14.8. The second kappa shape index (κ2) is 7.29. The SMILES string of the molecule is Cc1cc(/C=C(\C#N)C(=O)OCc2ccc(C#N)cc2)c(C)n1C1CC1. The predicted molar refractivity (Wildman–Crippen MR) is 96.7 cm³/mol. The Hall–Kier alpha value is -3.31. The molecule has 1 aromatic heterocycles. The molecular weight excluding hydrogens is 326 g/mol. The molecule has 5 nitrogen and oxygen atoms in total. The summed E-state index contributed by atoms with van der Waals surface area (Å²) < 4.78 is 7.51. The summed E-state index contributed by atoms with van der Waals surface area (Å²) in [7, 11) is 0. The first-order valence-electron chi connectivity index (χ1n) is 8.50. The van der Waals surface area contributed by atoms with Gasteiger partial charge in [-0.15, -0.1) is 0 Å². The zero-order valence-corrected chi connectivity index (χ0v) is 14.8. The molecule has 0 bridgehead atoms. The number of ether oxygens (including phenoxy) is 1. The van der Waals surface area contributed by atoms with Gasteiger partial charge in [-0.1, -0.05) is 12.1 Å². The number of rotatable bonds is 5. The second-order valence-corrected chi connectivity index (χ2v) is 6.48. The molecule has 1 aromatic carbocycles. The van der Waals surface area contributed by atoms with E-state index in [2.05, 4.69) is 4.57 Å². The van der Waals surface area contributed by atoms with Crippen LogP contribution < -0.4 is 0 Å². The number of carbonyl (C=O) groups excluding carboxylic acids is 1. The first-order valence-corrected chi connectivity index (χ1v) is 8.50. The number of hydrogen-bond acceptors (Lipinski definition) is 4. The summed E-state index contributed by atoms with van der Waals surface area (Å²) in [5.74, 6) is -0.645. The summed E-state index contributed by atoms with van der Waals surface area (Å²) in [6.07, 6.45) is 3.96. The fourth-order valence-corrected chi connectivity index (χ4v) is 3.04. The highest BCUT2D eigenvalue weighted by molar-refractivity contribution is 5.98. The largest absolute Gasteiger partial charge is 0.457 e. The smallest absolute Gasteiger partial charge is 0.349 e. The van der Waals surface area contributed by atoms with Crippen molar-refractivity contribution in [2.75, 3.05) is 0 Å². The van der Waals surface area contributed by atoms with Gasteiger partial charge in [-0.3, -0.25) is 0 Å². The maximum atomic E-state index is 12.3. The topological polar surface area (TPSA) is 78.8 Å². The molecule has 1 heterocycles. The number of esters is 1. The van der Waals surface area contributed by atoms with Crippen molar-refractivity contribution < 1.29 is 9.53 Å². The Labute approximate surface area is 152 Å². The van der Waals surface area contributed by atoms with Crippen molar-refractivity contribution in [3.8, 4) is 12.1 Å². The molecule has 3 rings (SSSR count). The van der Waals surface area contributed by atoms with Gasteiger partial charge in [0.25, 0.3) is 0 Å². The van der Waals surface area contributed by atoms with E-state index in [1.54, 1.807) is 30.3 Å². The van der Waals surface area contributed by atoms with Crippen LogP contribution in [0, 0.1) is 36.5 Å². The minimum absolute atomic E-state index is 0.0188.